The van der Waals surface area contributed by atoms with Gasteiger partial charge in [0.15, 0.2) is 0 Å². The first-order valence-corrected chi connectivity index (χ1v) is 4.95. The fourth-order valence-electron chi connectivity index (χ4n) is 1.84. The van der Waals surface area contributed by atoms with Gasteiger partial charge in [0.2, 0.25) is 0 Å². The predicted octanol–water partition coefficient (Wildman–Crippen LogP) is -0.373. The molecule has 1 unspecified atom stereocenters. The van der Waals surface area contributed by atoms with E-state index in [-0.39, 0.29) is 12.0 Å². The third kappa shape index (κ3) is 1.78. The molecule has 0 fully saturated rings. The van der Waals surface area contributed by atoms with Crippen molar-refractivity contribution in [2.24, 2.45) is 5.73 Å². The predicted molar refractivity (Wildman–Crippen MR) is 61.0 cm³/mol. The Morgan fingerprint density at radius 1 is 1.47 bits per heavy atom. The van der Waals surface area contributed by atoms with Crippen LogP contribution in [0.1, 0.15) is 12.0 Å². The summed E-state index contributed by atoms with van der Waals surface area (Å²) in [6.45, 7) is 0. The van der Waals surface area contributed by atoms with Crippen molar-refractivity contribution in [2.75, 3.05) is 0 Å². The molecule has 0 aromatic carbocycles. The number of aromatic amines is 2. The second-order valence-corrected chi connectivity index (χ2v) is 3.85. The van der Waals surface area contributed by atoms with E-state index in [1.807, 2.05) is 0 Å². The molecule has 0 amide bonds. The van der Waals surface area contributed by atoms with Crippen LogP contribution in [0.15, 0.2) is 39.7 Å². The number of nitrogens with one attached hydrogen (secondary N) is 2. The molecule has 4 N–H and O–H groups in total. The number of nitriles is 1. The molecule has 6 heteroatoms. The summed E-state index contributed by atoms with van der Waals surface area (Å²) in [5.74, 6) is 0. The third-order valence-corrected chi connectivity index (χ3v) is 2.67. The zero-order valence-electron chi connectivity index (χ0n) is 8.86. The summed E-state index contributed by atoms with van der Waals surface area (Å²) in [5, 5.41) is 9.28. The lowest BCUT2D eigenvalue weighted by Gasteiger charge is -2.24. The van der Waals surface area contributed by atoms with Gasteiger partial charge in [0, 0.05) is 18.3 Å². The van der Waals surface area contributed by atoms with E-state index in [2.05, 4.69) is 16.0 Å². The number of hydrogen-bond acceptors (Lipinski definition) is 4. The largest absolute Gasteiger partial charge is 0.402 e. The lowest BCUT2D eigenvalue weighted by molar-refractivity contribution is 0.644. The van der Waals surface area contributed by atoms with E-state index in [0.717, 1.165) is 0 Å². The van der Waals surface area contributed by atoms with Gasteiger partial charge in [-0.15, -0.1) is 0 Å². The molecule has 0 saturated carbocycles. The van der Waals surface area contributed by atoms with Crippen molar-refractivity contribution < 1.29 is 0 Å². The van der Waals surface area contributed by atoms with Crippen LogP contribution in [0.4, 0.5) is 0 Å². The highest BCUT2D eigenvalue weighted by Crippen LogP contribution is 2.30. The van der Waals surface area contributed by atoms with Crippen LogP contribution in [-0.4, -0.2) is 9.97 Å². The highest BCUT2D eigenvalue weighted by molar-refractivity contribution is 5.41. The van der Waals surface area contributed by atoms with Crippen molar-refractivity contribution in [2.45, 2.75) is 11.8 Å². The van der Waals surface area contributed by atoms with Crippen LogP contribution in [0.3, 0.4) is 0 Å². The van der Waals surface area contributed by atoms with Gasteiger partial charge in [0.05, 0.1) is 11.6 Å². The molecule has 1 atom stereocenters. The molecule has 1 aliphatic carbocycles. The van der Waals surface area contributed by atoms with Crippen molar-refractivity contribution in [3.05, 3.63) is 56.5 Å². The molecule has 6 nitrogen and oxygen atoms in total. The molecule has 17 heavy (non-hydrogen) atoms. The normalized spacial score (nSPS) is 22.9. The van der Waals surface area contributed by atoms with Crippen LogP contribution in [-0.2, 0) is 5.41 Å². The van der Waals surface area contributed by atoms with E-state index in [0.29, 0.717) is 5.70 Å². The molecule has 2 rings (SSSR count). The molecule has 0 saturated heterocycles. The van der Waals surface area contributed by atoms with Crippen LogP contribution in [0, 0.1) is 11.3 Å². The minimum Gasteiger partial charge on any atom is -0.402 e. The van der Waals surface area contributed by atoms with Gasteiger partial charge in [-0.25, -0.2) is 4.79 Å². The molecule has 0 aliphatic heterocycles. The Hall–Kier alpha value is -2.55. The number of aromatic nitrogens is 2. The molecule has 1 aromatic heterocycles. The van der Waals surface area contributed by atoms with Crippen molar-refractivity contribution >= 4 is 0 Å². The average molecular weight is 230 g/mol. The zero-order chi connectivity index (χ0) is 12.5. The van der Waals surface area contributed by atoms with E-state index >= 15 is 0 Å². The van der Waals surface area contributed by atoms with Gasteiger partial charge < -0.3 is 10.7 Å². The first kappa shape index (κ1) is 11.0. The fourth-order valence-corrected chi connectivity index (χ4v) is 1.84. The van der Waals surface area contributed by atoms with Crippen LogP contribution in [0.2, 0.25) is 0 Å². The van der Waals surface area contributed by atoms with Crippen molar-refractivity contribution in [1.29, 1.82) is 5.26 Å². The summed E-state index contributed by atoms with van der Waals surface area (Å²) in [6.07, 6.45) is 6.40. The standard InChI is InChI=1S/C11H10N4O2/c12-6-11(3-1-2-7(13)4-11)8-5-14-10(17)15-9(8)16/h1-3,5H,4,13H2,(H2,14,15,16,17). The lowest BCUT2D eigenvalue weighted by Crippen LogP contribution is -2.36. The summed E-state index contributed by atoms with van der Waals surface area (Å²) < 4.78 is 0. The summed E-state index contributed by atoms with van der Waals surface area (Å²) in [7, 11) is 0. The maximum Gasteiger partial charge on any atom is 0.325 e. The minimum atomic E-state index is -1.11. The Balaban J connectivity index is 2.62. The van der Waals surface area contributed by atoms with Crippen molar-refractivity contribution in [1.82, 2.24) is 9.97 Å². The maximum absolute atomic E-state index is 11.7. The number of nitrogens with two attached hydrogens (primary N) is 1. The van der Waals surface area contributed by atoms with E-state index in [4.69, 9.17) is 5.73 Å². The van der Waals surface area contributed by atoms with Gasteiger partial charge in [-0.2, -0.15) is 5.26 Å². The highest BCUT2D eigenvalue weighted by atomic mass is 16.2. The van der Waals surface area contributed by atoms with Crippen molar-refractivity contribution in [3.63, 3.8) is 0 Å². The Bertz CT molecular complexity index is 659. The lowest BCUT2D eigenvalue weighted by atomic mass is 9.77. The molecule has 0 radical (unpaired) electrons. The van der Waals surface area contributed by atoms with E-state index in [9.17, 15) is 14.9 Å². The Morgan fingerprint density at radius 3 is 2.82 bits per heavy atom. The number of allylic oxidation sites excluding steroid dienone is 4. The average Bonchev–Trinajstić information content (AvgIpc) is 2.28. The van der Waals surface area contributed by atoms with Crippen LogP contribution < -0.4 is 17.0 Å². The van der Waals surface area contributed by atoms with Crippen LogP contribution in [0.5, 0.6) is 0 Å². The second-order valence-electron chi connectivity index (χ2n) is 3.85. The number of H-pyrrole nitrogens is 2. The summed E-state index contributed by atoms with van der Waals surface area (Å²) in [6, 6.07) is 2.07. The number of nitrogens with zero attached hydrogens (tertiary/aromatic N) is 1. The van der Waals surface area contributed by atoms with Gasteiger partial charge in [0.1, 0.15) is 5.41 Å². The smallest absolute Gasteiger partial charge is 0.325 e. The van der Waals surface area contributed by atoms with E-state index in [1.54, 1.807) is 18.2 Å². The first-order valence-electron chi connectivity index (χ1n) is 4.95. The molecule has 1 aliphatic rings. The molecule has 86 valence electrons. The number of rotatable bonds is 1. The van der Waals surface area contributed by atoms with Gasteiger partial charge in [-0.05, 0) is 6.08 Å². The fraction of sp³-hybridized carbons (Fsp3) is 0.182. The Kier molecular flexibility index (Phi) is 2.44. The Morgan fingerprint density at radius 2 is 2.24 bits per heavy atom. The number of hydrogen-bond donors (Lipinski definition) is 3. The van der Waals surface area contributed by atoms with Gasteiger partial charge in [0.25, 0.3) is 5.56 Å². The topological polar surface area (TPSA) is 116 Å². The highest BCUT2D eigenvalue weighted by Gasteiger charge is 2.34. The van der Waals surface area contributed by atoms with Crippen molar-refractivity contribution in [3.8, 4) is 6.07 Å². The van der Waals surface area contributed by atoms with Crippen LogP contribution in [0.25, 0.3) is 0 Å². The van der Waals surface area contributed by atoms with E-state index in [1.165, 1.54) is 6.20 Å². The molecule has 1 aromatic rings. The summed E-state index contributed by atoms with van der Waals surface area (Å²) >= 11 is 0. The maximum atomic E-state index is 11.7. The van der Waals surface area contributed by atoms with Gasteiger partial charge in [-0.1, -0.05) is 12.2 Å². The van der Waals surface area contributed by atoms with Gasteiger partial charge >= 0.3 is 5.69 Å². The SMILES string of the molecule is N#CC1(c2c[nH]c(=O)[nH]c2=O)C=CC=C(N)C1. The molecule has 1 heterocycles. The first-order chi connectivity index (χ1) is 8.07. The van der Waals surface area contributed by atoms with E-state index < -0.39 is 16.7 Å². The molecular weight excluding hydrogens is 220 g/mol. The monoisotopic (exact) mass is 230 g/mol. The summed E-state index contributed by atoms with van der Waals surface area (Å²) in [5.41, 5.74) is 4.09. The van der Waals surface area contributed by atoms with Crippen LogP contribution >= 0.6 is 0 Å². The molecule has 0 spiro atoms. The molecule has 0 bridgehead atoms. The van der Waals surface area contributed by atoms with Gasteiger partial charge in [-0.3, -0.25) is 9.78 Å². The second kappa shape index (κ2) is 3.79. The minimum absolute atomic E-state index is 0.187. The Labute approximate surface area is 96.1 Å². The zero-order valence-corrected chi connectivity index (χ0v) is 8.86. The summed E-state index contributed by atoms with van der Waals surface area (Å²) in [4.78, 5) is 27.1. The third-order valence-electron chi connectivity index (χ3n) is 2.67. The molecular formula is C11H10N4O2. The quantitative estimate of drug-likeness (QED) is 0.610.